The van der Waals surface area contributed by atoms with Crippen LogP contribution < -0.4 is 15.2 Å². The Morgan fingerprint density at radius 3 is 2.70 bits per heavy atom. The van der Waals surface area contributed by atoms with E-state index < -0.39 is 31.6 Å². The van der Waals surface area contributed by atoms with E-state index in [1.54, 1.807) is 47.2 Å². The summed E-state index contributed by atoms with van der Waals surface area (Å²) in [4.78, 5) is 29.4. The van der Waals surface area contributed by atoms with E-state index in [2.05, 4.69) is 26.2 Å². The third-order valence-electron chi connectivity index (χ3n) is 9.18. The summed E-state index contributed by atoms with van der Waals surface area (Å²) in [5.74, 6) is -0.430. The van der Waals surface area contributed by atoms with Crippen molar-refractivity contribution in [3.05, 3.63) is 98.6 Å². The summed E-state index contributed by atoms with van der Waals surface area (Å²) in [6.45, 7) is 5.96. The lowest BCUT2D eigenvalue weighted by Crippen LogP contribution is -2.45. The zero-order chi connectivity index (χ0) is 32.8. The fraction of sp³-hybridized carbons (Fsp3) is 0.394. The minimum Gasteiger partial charge on any atom is -0.491 e. The molecule has 4 heterocycles. The monoisotopic (exact) mass is 709 g/mol. The molecule has 1 fully saturated rings. The van der Waals surface area contributed by atoms with Crippen LogP contribution in [0.4, 0.5) is 9.80 Å². The first-order chi connectivity index (χ1) is 22.0. The third-order valence-corrected chi connectivity index (χ3v) is 12.1. The third kappa shape index (κ3) is 5.63. The van der Waals surface area contributed by atoms with Gasteiger partial charge in [0.25, 0.3) is 11.5 Å². The number of rotatable bonds is 10. The molecule has 2 aromatic heterocycles. The molecule has 13 heteroatoms. The Labute approximate surface area is 276 Å². The van der Waals surface area contributed by atoms with Gasteiger partial charge in [0.15, 0.2) is 11.4 Å². The number of anilines is 1. The lowest BCUT2D eigenvalue weighted by Gasteiger charge is -2.31. The first-order valence-corrected chi connectivity index (χ1v) is 19.1. The molecule has 0 unspecified atom stereocenters. The van der Waals surface area contributed by atoms with Crippen molar-refractivity contribution in [1.82, 2.24) is 19.6 Å². The maximum atomic E-state index is 16.2. The number of nitrogens with zero attached hydrogens (tertiary/aromatic N) is 5. The summed E-state index contributed by atoms with van der Waals surface area (Å²) >= 11 is 3.59. The van der Waals surface area contributed by atoms with Crippen LogP contribution in [0.25, 0.3) is 5.69 Å². The number of carbonyl (C=O) groups excluding carboxylic acids is 1. The first kappa shape index (κ1) is 32.3. The van der Waals surface area contributed by atoms with Crippen LogP contribution in [0.3, 0.4) is 0 Å². The van der Waals surface area contributed by atoms with Crippen LogP contribution in [-0.4, -0.2) is 58.8 Å². The van der Waals surface area contributed by atoms with Crippen LogP contribution in [0.5, 0.6) is 5.75 Å². The number of aliphatic hydroxyl groups excluding tert-OH is 1. The summed E-state index contributed by atoms with van der Waals surface area (Å²) in [5.41, 5.74) is 1.47. The van der Waals surface area contributed by atoms with Gasteiger partial charge in [0.1, 0.15) is 0 Å². The Balaban J connectivity index is 1.34. The fourth-order valence-electron chi connectivity index (χ4n) is 7.20. The Morgan fingerprint density at radius 1 is 1.15 bits per heavy atom. The Hall–Kier alpha value is -3.65. The maximum absolute atomic E-state index is 16.2. The largest absolute Gasteiger partial charge is 0.491 e. The highest BCUT2D eigenvalue weighted by molar-refractivity contribution is 9.10. The quantitative estimate of drug-likeness (QED) is 0.179. The van der Waals surface area contributed by atoms with E-state index in [4.69, 9.17) is 9.47 Å². The summed E-state index contributed by atoms with van der Waals surface area (Å²) in [6, 6.07) is 16.5. The minimum atomic E-state index is -3.34. The molecule has 0 aliphatic carbocycles. The molecule has 0 saturated carbocycles. The summed E-state index contributed by atoms with van der Waals surface area (Å²) < 4.78 is 32.3. The van der Waals surface area contributed by atoms with E-state index in [0.717, 1.165) is 15.6 Å². The predicted molar refractivity (Wildman–Crippen MR) is 177 cm³/mol. The molecule has 6 rings (SSSR count). The number of amides is 1. The smallest absolute Gasteiger partial charge is 0.297 e. The standard InChI is InChI=1S/C33H37BrFN5O5Si/c1-21-30(46(3,4)35)28(12-15-38-20-24(13-16-41)36-37-38)45-33(21)26-18-23(34)10-11-27(26)40(32(33)43)19-22-7-5-8-25(17-22)39-14-6-9-29(44-2)31(39)42/h5-11,14,17-18,20-21,28,30,41H,12-13,15-16,19H2,1-4H3/t21-,28+,30-,33+/m0/s1. The van der Waals surface area contributed by atoms with Crippen LogP contribution in [-0.2, 0) is 34.6 Å². The predicted octanol–water partition coefficient (Wildman–Crippen LogP) is 5.15. The second kappa shape index (κ2) is 12.5. The van der Waals surface area contributed by atoms with Crippen LogP contribution in [0.15, 0.2) is 76.3 Å². The minimum absolute atomic E-state index is 0.0222. The number of hydrogen-bond donors (Lipinski definition) is 1. The molecule has 4 atom stereocenters. The number of halogens is 2. The molecule has 4 aromatic rings. The molecule has 0 bridgehead atoms. The lowest BCUT2D eigenvalue weighted by molar-refractivity contribution is -0.146. The van der Waals surface area contributed by atoms with Crippen molar-refractivity contribution in [2.75, 3.05) is 18.6 Å². The fourth-order valence-corrected chi connectivity index (χ4v) is 10.1. The van der Waals surface area contributed by atoms with Crippen molar-refractivity contribution >= 4 is 35.9 Å². The topological polar surface area (TPSA) is 112 Å². The zero-order valence-electron chi connectivity index (χ0n) is 26.2. The highest BCUT2D eigenvalue weighted by Crippen LogP contribution is 2.60. The van der Waals surface area contributed by atoms with Gasteiger partial charge in [-0.15, -0.1) is 5.10 Å². The highest BCUT2D eigenvalue weighted by atomic mass is 79.9. The second-order valence-corrected chi connectivity index (χ2v) is 17.2. The Kier molecular flexibility index (Phi) is 8.78. The number of hydrogen-bond acceptors (Lipinski definition) is 7. The van der Waals surface area contributed by atoms with Crippen LogP contribution >= 0.6 is 15.9 Å². The maximum Gasteiger partial charge on any atom is 0.297 e. The number of pyridine rings is 1. The van der Waals surface area contributed by atoms with E-state index in [0.29, 0.717) is 36.5 Å². The molecule has 1 N–H and O–H groups in total. The number of aliphatic hydroxyl groups is 1. The van der Waals surface area contributed by atoms with Crippen molar-refractivity contribution in [3.63, 3.8) is 0 Å². The van der Waals surface area contributed by atoms with Crippen LogP contribution in [0.2, 0.25) is 18.6 Å². The van der Waals surface area contributed by atoms with E-state index >= 15 is 4.11 Å². The number of fused-ring (bicyclic) bond motifs is 2. The van der Waals surface area contributed by atoms with E-state index in [1.165, 1.54) is 11.7 Å². The molecular weight excluding hydrogens is 673 g/mol. The number of benzene rings is 2. The van der Waals surface area contributed by atoms with E-state index in [1.807, 2.05) is 49.4 Å². The van der Waals surface area contributed by atoms with Gasteiger partial charge in [-0.3, -0.25) is 18.8 Å². The molecule has 1 spiro atoms. The number of carbonyl (C=O) groups is 1. The molecule has 46 heavy (non-hydrogen) atoms. The SMILES string of the molecule is COc1cccn(-c2cccc(CN3C(=O)[C@]4(O[C@H](CCn5cc(CCO)nn5)[C@@H]([Si](C)(C)F)[C@@H]4C)c4cc(Br)ccc43)c2)c1=O. The van der Waals surface area contributed by atoms with Gasteiger partial charge in [0, 0.05) is 59.1 Å². The molecular formula is C33H37BrFN5O5Si. The molecule has 0 radical (unpaired) electrons. The normalized spacial score (nSPS) is 22.5. The zero-order valence-corrected chi connectivity index (χ0v) is 28.8. The van der Waals surface area contributed by atoms with Crippen molar-refractivity contribution in [2.24, 2.45) is 5.92 Å². The molecule has 1 amide bonds. The average molecular weight is 711 g/mol. The van der Waals surface area contributed by atoms with Gasteiger partial charge in [-0.2, -0.15) is 0 Å². The van der Waals surface area contributed by atoms with Gasteiger partial charge >= 0.3 is 0 Å². The Bertz CT molecular complexity index is 1830. The van der Waals surface area contributed by atoms with E-state index in [9.17, 15) is 14.7 Å². The van der Waals surface area contributed by atoms with Gasteiger partial charge in [-0.05, 0) is 67.5 Å². The van der Waals surface area contributed by atoms with Crippen molar-refractivity contribution in [3.8, 4) is 11.4 Å². The molecule has 1 saturated heterocycles. The molecule has 2 aliphatic heterocycles. The molecule has 10 nitrogen and oxygen atoms in total. The van der Waals surface area contributed by atoms with Gasteiger partial charge in [-0.1, -0.05) is 40.2 Å². The van der Waals surface area contributed by atoms with Gasteiger partial charge < -0.3 is 23.6 Å². The van der Waals surface area contributed by atoms with Crippen LogP contribution in [0, 0.1) is 5.92 Å². The Morgan fingerprint density at radius 2 is 1.96 bits per heavy atom. The number of ether oxygens (including phenoxy) is 2. The average Bonchev–Trinajstić information content (AvgIpc) is 3.66. The van der Waals surface area contributed by atoms with Crippen molar-refractivity contribution < 1.29 is 23.5 Å². The lowest BCUT2D eigenvalue weighted by atomic mass is 9.82. The van der Waals surface area contributed by atoms with Gasteiger partial charge in [-0.25, -0.2) is 0 Å². The molecule has 242 valence electrons. The number of methoxy groups -OCH3 is 1. The van der Waals surface area contributed by atoms with Crippen molar-refractivity contribution in [2.45, 2.75) is 63.2 Å². The van der Waals surface area contributed by atoms with Crippen LogP contribution in [0.1, 0.15) is 30.2 Å². The van der Waals surface area contributed by atoms with Crippen molar-refractivity contribution in [1.29, 1.82) is 0 Å². The number of aryl methyl sites for hydroxylation is 1. The highest BCUT2D eigenvalue weighted by Gasteiger charge is 2.66. The summed E-state index contributed by atoms with van der Waals surface area (Å²) in [7, 11) is -1.88. The second-order valence-electron chi connectivity index (χ2n) is 12.5. The summed E-state index contributed by atoms with van der Waals surface area (Å²) in [5, 5.41) is 17.5. The van der Waals surface area contributed by atoms with E-state index in [-0.39, 0.29) is 30.4 Å². The number of aromatic nitrogens is 4. The first-order valence-electron chi connectivity index (χ1n) is 15.3. The summed E-state index contributed by atoms with van der Waals surface area (Å²) in [6.07, 6.45) is 3.79. The van der Waals surface area contributed by atoms with Gasteiger partial charge in [0.05, 0.1) is 31.1 Å². The molecule has 2 aromatic carbocycles. The molecule has 2 aliphatic rings. The van der Waals surface area contributed by atoms with Gasteiger partial charge in [0.2, 0.25) is 8.41 Å².